The van der Waals surface area contributed by atoms with Crippen molar-refractivity contribution >= 4 is 15.2 Å². The summed E-state index contributed by atoms with van der Waals surface area (Å²) in [6, 6.07) is 0. The van der Waals surface area contributed by atoms with Crippen molar-refractivity contribution in [1.29, 1.82) is 0 Å². The largest absolute Gasteiger partial charge is 0.325 e. The van der Waals surface area contributed by atoms with Crippen LogP contribution in [-0.4, -0.2) is 45.0 Å². The predicted molar refractivity (Wildman–Crippen MR) is 55.9 cm³/mol. The van der Waals surface area contributed by atoms with Gasteiger partial charge in [0.1, 0.15) is 0 Å². The van der Waals surface area contributed by atoms with E-state index in [1.54, 1.807) is 0 Å². The van der Waals surface area contributed by atoms with Crippen molar-refractivity contribution in [2.24, 2.45) is 0 Å². The molecule has 0 saturated heterocycles. The maximum absolute atomic E-state index is 10.4. The van der Waals surface area contributed by atoms with Gasteiger partial charge in [0, 0.05) is 0 Å². The molecule has 9 heteroatoms. The lowest BCUT2D eigenvalue weighted by atomic mass is 10.4. The summed E-state index contributed by atoms with van der Waals surface area (Å²) in [5.74, 6) is 0. The Hall–Kier alpha value is 0.260. The molecule has 0 aliphatic heterocycles. The van der Waals surface area contributed by atoms with E-state index in [0.29, 0.717) is 25.9 Å². The van der Waals surface area contributed by atoms with E-state index in [9.17, 15) is 9.13 Å². The Morgan fingerprint density at radius 1 is 0.800 bits per heavy atom. The fraction of sp³-hybridized carbons (Fsp3) is 1.00. The minimum atomic E-state index is -3.91. The second kappa shape index (κ2) is 6.76. The van der Waals surface area contributed by atoms with Crippen LogP contribution in [0.3, 0.4) is 0 Å². The molecule has 0 aliphatic carbocycles. The van der Waals surface area contributed by atoms with E-state index >= 15 is 0 Å². The molecule has 0 aromatic rings. The molecular weight excluding hydrogens is 244 g/mol. The van der Waals surface area contributed by atoms with Crippen LogP contribution < -0.4 is 5.32 Å². The molecule has 0 aromatic carbocycles. The van der Waals surface area contributed by atoms with Crippen molar-refractivity contribution in [2.75, 3.05) is 25.4 Å². The minimum absolute atomic E-state index is 0.168. The van der Waals surface area contributed by atoms with Crippen LogP contribution in [0.5, 0.6) is 0 Å². The van der Waals surface area contributed by atoms with E-state index in [1.807, 2.05) is 0 Å². The topological polar surface area (TPSA) is 127 Å². The van der Waals surface area contributed by atoms with Crippen molar-refractivity contribution in [3.8, 4) is 0 Å². The van der Waals surface area contributed by atoms with Gasteiger partial charge in [0.15, 0.2) is 0 Å². The zero-order valence-corrected chi connectivity index (χ0v) is 10.0. The van der Waals surface area contributed by atoms with Gasteiger partial charge in [0.05, 0.1) is 12.3 Å². The zero-order valence-electron chi connectivity index (χ0n) is 8.24. The number of hydrogen-bond acceptors (Lipinski definition) is 3. The van der Waals surface area contributed by atoms with Crippen LogP contribution in [0.2, 0.25) is 0 Å². The third-order valence-corrected chi connectivity index (χ3v) is 3.40. The highest BCUT2D eigenvalue weighted by molar-refractivity contribution is 7.52. The van der Waals surface area contributed by atoms with Crippen LogP contribution in [0, 0.1) is 0 Å². The molecule has 0 bridgehead atoms. The first-order valence-corrected chi connectivity index (χ1v) is 8.10. The van der Waals surface area contributed by atoms with E-state index in [1.165, 1.54) is 0 Å². The molecule has 92 valence electrons. The fourth-order valence-corrected chi connectivity index (χ4v) is 2.09. The third kappa shape index (κ3) is 14.3. The van der Waals surface area contributed by atoms with Gasteiger partial charge >= 0.3 is 15.2 Å². The van der Waals surface area contributed by atoms with Crippen molar-refractivity contribution in [1.82, 2.24) is 5.32 Å². The van der Waals surface area contributed by atoms with Gasteiger partial charge in [-0.25, -0.2) is 0 Å². The lowest BCUT2D eigenvalue weighted by Crippen LogP contribution is -2.18. The SMILES string of the molecule is O=P(O)(O)CCCNCCCP(=O)(O)O. The molecule has 0 aromatic heterocycles. The molecule has 0 radical (unpaired) electrons. The average molecular weight is 261 g/mol. The van der Waals surface area contributed by atoms with E-state index in [4.69, 9.17) is 19.6 Å². The van der Waals surface area contributed by atoms with Gasteiger partial charge in [-0.15, -0.1) is 0 Å². The van der Waals surface area contributed by atoms with Gasteiger partial charge in [-0.3, -0.25) is 9.13 Å². The normalized spacial score (nSPS) is 13.1. The highest BCUT2D eigenvalue weighted by atomic mass is 31.2. The maximum atomic E-state index is 10.4. The number of hydrogen-bond donors (Lipinski definition) is 5. The molecule has 0 unspecified atom stereocenters. The van der Waals surface area contributed by atoms with Crippen LogP contribution in [0.1, 0.15) is 12.8 Å². The average Bonchev–Trinajstić information content (AvgIpc) is 1.98. The first kappa shape index (κ1) is 15.3. The predicted octanol–water partition coefficient (Wildman–Crippen LogP) is -0.288. The molecule has 7 nitrogen and oxygen atoms in total. The number of rotatable bonds is 8. The summed E-state index contributed by atoms with van der Waals surface area (Å²) in [6.07, 6.45) is 0.358. The van der Waals surface area contributed by atoms with Gasteiger partial charge in [0.25, 0.3) is 0 Å². The van der Waals surface area contributed by atoms with Gasteiger partial charge in [-0.2, -0.15) is 0 Å². The molecule has 0 atom stereocenters. The summed E-state index contributed by atoms with van der Waals surface area (Å²) in [7, 11) is -7.82. The van der Waals surface area contributed by atoms with E-state index in [0.717, 1.165) is 0 Å². The quantitative estimate of drug-likeness (QED) is 0.300. The lowest BCUT2D eigenvalue weighted by Gasteiger charge is -2.06. The van der Waals surface area contributed by atoms with Crippen LogP contribution in [-0.2, 0) is 9.13 Å². The molecular formula is C6H17NO6P2. The summed E-state index contributed by atoms with van der Waals surface area (Å²) >= 11 is 0. The molecule has 0 spiro atoms. The zero-order chi connectivity index (χ0) is 11.9. The van der Waals surface area contributed by atoms with E-state index < -0.39 is 15.2 Å². The van der Waals surface area contributed by atoms with Gasteiger partial charge in [0.2, 0.25) is 0 Å². The summed E-state index contributed by atoms with van der Waals surface area (Å²) in [5, 5.41) is 2.84. The molecule has 0 heterocycles. The van der Waals surface area contributed by atoms with Crippen molar-refractivity contribution < 1.29 is 28.7 Å². The molecule has 0 saturated carbocycles. The molecule has 5 N–H and O–H groups in total. The third-order valence-electron chi connectivity index (χ3n) is 1.61. The Balaban J connectivity index is 3.27. The van der Waals surface area contributed by atoms with Crippen LogP contribution in [0.4, 0.5) is 0 Å². The second-order valence-corrected chi connectivity index (χ2v) is 6.79. The fourth-order valence-electron chi connectivity index (χ4n) is 0.945. The van der Waals surface area contributed by atoms with Gasteiger partial charge in [-0.1, -0.05) is 0 Å². The Kier molecular flexibility index (Phi) is 6.88. The van der Waals surface area contributed by atoms with Crippen molar-refractivity contribution in [3.05, 3.63) is 0 Å². The highest BCUT2D eigenvalue weighted by Crippen LogP contribution is 2.35. The molecule has 0 aliphatic rings. The standard InChI is InChI=1S/C6H17NO6P2/c8-14(9,10)5-1-3-7-4-2-6-15(11,12)13/h7H,1-6H2,(H2,8,9,10)(H2,11,12,13). The second-order valence-electron chi connectivity index (χ2n) is 3.23. The van der Waals surface area contributed by atoms with Crippen molar-refractivity contribution in [3.63, 3.8) is 0 Å². The smallest absolute Gasteiger partial charge is 0.324 e. The van der Waals surface area contributed by atoms with E-state index in [2.05, 4.69) is 5.32 Å². The first-order chi connectivity index (χ1) is 6.71. The Bertz CT molecular complexity index is 232. The monoisotopic (exact) mass is 261 g/mol. The minimum Gasteiger partial charge on any atom is -0.324 e. The number of nitrogens with one attached hydrogen (secondary N) is 1. The molecule has 0 amide bonds. The van der Waals surface area contributed by atoms with Crippen LogP contribution in [0.15, 0.2) is 0 Å². The van der Waals surface area contributed by atoms with Crippen LogP contribution in [0.25, 0.3) is 0 Å². The Morgan fingerprint density at radius 3 is 1.40 bits per heavy atom. The molecule has 0 fully saturated rings. The lowest BCUT2D eigenvalue weighted by molar-refractivity contribution is 0.370. The molecule has 15 heavy (non-hydrogen) atoms. The Labute approximate surface area is 88.2 Å². The first-order valence-electron chi connectivity index (χ1n) is 4.50. The van der Waals surface area contributed by atoms with Gasteiger partial charge in [-0.05, 0) is 25.9 Å². The summed E-state index contributed by atoms with van der Waals surface area (Å²) < 4.78 is 20.8. The van der Waals surface area contributed by atoms with Crippen molar-refractivity contribution in [2.45, 2.75) is 12.8 Å². The summed E-state index contributed by atoms with van der Waals surface area (Å²) in [6.45, 7) is 0.874. The van der Waals surface area contributed by atoms with Crippen LogP contribution >= 0.6 is 15.2 Å². The summed E-state index contributed by atoms with van der Waals surface area (Å²) in [5.41, 5.74) is 0. The highest BCUT2D eigenvalue weighted by Gasteiger charge is 2.12. The molecule has 0 rings (SSSR count). The maximum Gasteiger partial charge on any atom is 0.325 e. The summed E-state index contributed by atoms with van der Waals surface area (Å²) in [4.78, 5) is 34.0. The Morgan fingerprint density at radius 2 is 1.13 bits per heavy atom. The van der Waals surface area contributed by atoms with E-state index in [-0.39, 0.29) is 12.3 Å². The van der Waals surface area contributed by atoms with Gasteiger partial charge < -0.3 is 24.9 Å².